The van der Waals surface area contributed by atoms with E-state index in [0.29, 0.717) is 0 Å². The van der Waals surface area contributed by atoms with Crippen LogP contribution in [0.2, 0.25) is 0 Å². The maximum atomic E-state index is 5.20. The first kappa shape index (κ1) is 18.6. The fraction of sp³-hybridized carbons (Fsp3) is 0.750. The number of methoxy groups -OCH3 is 2. The SMILES string of the molecule is CCCNCc1cc(CN(CCOC)CCOC)c(C)s1. The summed E-state index contributed by atoms with van der Waals surface area (Å²) in [6.45, 7) is 10.9. The minimum Gasteiger partial charge on any atom is -0.383 e. The standard InChI is InChI=1S/C16H30N2O2S/c1-5-6-17-12-16-11-15(14(2)21-16)13-18(7-9-19-3)8-10-20-4/h11,17H,5-10,12-13H2,1-4H3. The molecule has 1 heterocycles. The molecule has 0 bridgehead atoms. The van der Waals surface area contributed by atoms with Crippen LogP contribution in [0.1, 0.15) is 28.7 Å². The molecule has 0 unspecified atom stereocenters. The third-order valence-corrected chi connectivity index (χ3v) is 4.51. The molecule has 0 amide bonds. The van der Waals surface area contributed by atoms with Crippen LogP contribution in [0.3, 0.4) is 0 Å². The highest BCUT2D eigenvalue weighted by Crippen LogP contribution is 2.23. The van der Waals surface area contributed by atoms with Crippen molar-refractivity contribution in [3.05, 3.63) is 21.4 Å². The molecule has 21 heavy (non-hydrogen) atoms. The van der Waals surface area contributed by atoms with Crippen molar-refractivity contribution in [3.8, 4) is 0 Å². The number of nitrogens with one attached hydrogen (secondary N) is 1. The van der Waals surface area contributed by atoms with Crippen molar-refractivity contribution in [1.29, 1.82) is 0 Å². The van der Waals surface area contributed by atoms with Crippen LogP contribution in [-0.4, -0.2) is 52.0 Å². The fourth-order valence-electron chi connectivity index (χ4n) is 2.17. The summed E-state index contributed by atoms with van der Waals surface area (Å²) in [5.74, 6) is 0. The highest BCUT2D eigenvalue weighted by Gasteiger charge is 2.11. The summed E-state index contributed by atoms with van der Waals surface area (Å²) < 4.78 is 10.4. The summed E-state index contributed by atoms with van der Waals surface area (Å²) in [7, 11) is 3.50. The van der Waals surface area contributed by atoms with Gasteiger partial charge in [0.25, 0.3) is 0 Å². The van der Waals surface area contributed by atoms with E-state index in [-0.39, 0.29) is 0 Å². The van der Waals surface area contributed by atoms with E-state index in [1.165, 1.54) is 21.7 Å². The zero-order chi connectivity index (χ0) is 15.5. The maximum Gasteiger partial charge on any atom is 0.0589 e. The third-order valence-electron chi connectivity index (χ3n) is 3.41. The normalized spacial score (nSPS) is 11.5. The summed E-state index contributed by atoms with van der Waals surface area (Å²) in [4.78, 5) is 5.24. The van der Waals surface area contributed by atoms with Gasteiger partial charge in [0.1, 0.15) is 0 Å². The monoisotopic (exact) mass is 314 g/mol. The van der Waals surface area contributed by atoms with E-state index >= 15 is 0 Å². The van der Waals surface area contributed by atoms with Gasteiger partial charge in [-0.25, -0.2) is 0 Å². The highest BCUT2D eigenvalue weighted by molar-refractivity contribution is 7.12. The lowest BCUT2D eigenvalue weighted by Gasteiger charge is -2.21. The number of rotatable bonds is 12. The molecule has 1 aromatic heterocycles. The summed E-state index contributed by atoms with van der Waals surface area (Å²) in [6.07, 6.45) is 1.18. The van der Waals surface area contributed by atoms with Gasteiger partial charge in [-0.05, 0) is 31.5 Å². The number of hydrogen-bond donors (Lipinski definition) is 1. The number of thiophene rings is 1. The molecule has 0 aliphatic rings. The van der Waals surface area contributed by atoms with Gasteiger partial charge in [0, 0.05) is 50.2 Å². The lowest BCUT2D eigenvalue weighted by molar-refractivity contribution is 0.110. The van der Waals surface area contributed by atoms with Crippen molar-refractivity contribution in [3.63, 3.8) is 0 Å². The van der Waals surface area contributed by atoms with Crippen molar-refractivity contribution >= 4 is 11.3 Å². The van der Waals surface area contributed by atoms with Crippen LogP contribution in [0.5, 0.6) is 0 Å². The maximum absolute atomic E-state index is 5.20. The van der Waals surface area contributed by atoms with Gasteiger partial charge in [-0.3, -0.25) is 4.90 Å². The summed E-state index contributed by atoms with van der Waals surface area (Å²) >= 11 is 1.90. The molecule has 0 aromatic carbocycles. The molecule has 0 fully saturated rings. The Labute approximate surface area is 133 Å². The number of aryl methyl sites for hydroxylation is 1. The van der Waals surface area contributed by atoms with Crippen molar-refractivity contribution in [1.82, 2.24) is 10.2 Å². The quantitative estimate of drug-likeness (QED) is 0.601. The largest absolute Gasteiger partial charge is 0.383 e. The predicted molar refractivity (Wildman–Crippen MR) is 90.1 cm³/mol. The van der Waals surface area contributed by atoms with Crippen molar-refractivity contribution in [2.45, 2.75) is 33.4 Å². The molecular formula is C16H30N2O2S. The van der Waals surface area contributed by atoms with E-state index in [2.05, 4.69) is 30.1 Å². The van der Waals surface area contributed by atoms with Crippen LogP contribution in [0, 0.1) is 6.92 Å². The second-order valence-electron chi connectivity index (χ2n) is 5.23. The zero-order valence-electron chi connectivity index (χ0n) is 13.9. The van der Waals surface area contributed by atoms with Gasteiger partial charge in [-0.2, -0.15) is 0 Å². The molecule has 0 saturated heterocycles. The second kappa shape index (κ2) is 11.2. The molecule has 4 nitrogen and oxygen atoms in total. The van der Waals surface area contributed by atoms with E-state index in [9.17, 15) is 0 Å². The van der Waals surface area contributed by atoms with Gasteiger partial charge in [0.2, 0.25) is 0 Å². The van der Waals surface area contributed by atoms with Gasteiger partial charge < -0.3 is 14.8 Å². The topological polar surface area (TPSA) is 33.7 Å². The van der Waals surface area contributed by atoms with Crippen LogP contribution < -0.4 is 5.32 Å². The van der Waals surface area contributed by atoms with Crippen LogP contribution in [0.15, 0.2) is 6.07 Å². The Morgan fingerprint density at radius 3 is 2.43 bits per heavy atom. The van der Waals surface area contributed by atoms with Gasteiger partial charge in [0.05, 0.1) is 13.2 Å². The van der Waals surface area contributed by atoms with Crippen molar-refractivity contribution in [2.24, 2.45) is 0 Å². The molecule has 0 spiro atoms. The Morgan fingerprint density at radius 1 is 1.19 bits per heavy atom. The molecule has 0 aliphatic carbocycles. The lowest BCUT2D eigenvalue weighted by atomic mass is 10.2. The van der Waals surface area contributed by atoms with Gasteiger partial charge in [-0.1, -0.05) is 6.92 Å². The van der Waals surface area contributed by atoms with E-state index in [1.54, 1.807) is 14.2 Å². The Hall–Kier alpha value is -0.460. The number of nitrogens with zero attached hydrogens (tertiary/aromatic N) is 1. The van der Waals surface area contributed by atoms with E-state index in [1.807, 2.05) is 11.3 Å². The molecular weight excluding hydrogens is 284 g/mol. The fourth-order valence-corrected chi connectivity index (χ4v) is 3.19. The third kappa shape index (κ3) is 7.38. The summed E-state index contributed by atoms with van der Waals surface area (Å²) in [6, 6.07) is 2.34. The minimum absolute atomic E-state index is 0.762. The lowest BCUT2D eigenvalue weighted by Crippen LogP contribution is -2.30. The van der Waals surface area contributed by atoms with Crippen molar-refractivity contribution < 1.29 is 9.47 Å². The molecule has 1 aromatic rings. The average molecular weight is 314 g/mol. The Bertz CT molecular complexity index is 374. The summed E-state index contributed by atoms with van der Waals surface area (Å²) in [5, 5.41) is 3.47. The summed E-state index contributed by atoms with van der Waals surface area (Å²) in [5.41, 5.74) is 1.43. The van der Waals surface area contributed by atoms with E-state index in [0.717, 1.165) is 45.9 Å². The van der Waals surface area contributed by atoms with Gasteiger partial charge >= 0.3 is 0 Å². The van der Waals surface area contributed by atoms with E-state index < -0.39 is 0 Å². The zero-order valence-corrected chi connectivity index (χ0v) is 14.7. The van der Waals surface area contributed by atoms with Gasteiger partial charge in [0.15, 0.2) is 0 Å². The van der Waals surface area contributed by atoms with E-state index in [4.69, 9.17) is 9.47 Å². The van der Waals surface area contributed by atoms with Crippen LogP contribution >= 0.6 is 11.3 Å². The Balaban J connectivity index is 2.55. The smallest absolute Gasteiger partial charge is 0.0589 e. The first-order valence-electron chi connectivity index (χ1n) is 7.70. The Kier molecular flexibility index (Phi) is 9.87. The molecule has 0 saturated carbocycles. The first-order chi connectivity index (χ1) is 10.2. The molecule has 1 rings (SSSR count). The molecule has 0 radical (unpaired) electrons. The van der Waals surface area contributed by atoms with Crippen LogP contribution in [-0.2, 0) is 22.6 Å². The van der Waals surface area contributed by atoms with Gasteiger partial charge in [-0.15, -0.1) is 11.3 Å². The highest BCUT2D eigenvalue weighted by atomic mass is 32.1. The van der Waals surface area contributed by atoms with Crippen LogP contribution in [0.4, 0.5) is 0 Å². The van der Waals surface area contributed by atoms with Crippen molar-refractivity contribution in [2.75, 3.05) is 47.1 Å². The molecule has 1 N–H and O–H groups in total. The molecule has 0 aliphatic heterocycles. The molecule has 0 atom stereocenters. The first-order valence-corrected chi connectivity index (χ1v) is 8.52. The Morgan fingerprint density at radius 2 is 1.86 bits per heavy atom. The second-order valence-corrected chi connectivity index (χ2v) is 6.57. The predicted octanol–water partition coefficient (Wildman–Crippen LogP) is 2.65. The molecule has 5 heteroatoms. The van der Waals surface area contributed by atoms with Crippen LogP contribution in [0.25, 0.3) is 0 Å². The molecule has 122 valence electrons. The minimum atomic E-state index is 0.762. The number of ether oxygens (including phenoxy) is 2. The number of hydrogen-bond acceptors (Lipinski definition) is 5. The average Bonchev–Trinajstić information content (AvgIpc) is 2.82.